The summed E-state index contributed by atoms with van der Waals surface area (Å²) in [5.74, 6) is -0.233. The molecule has 0 aliphatic heterocycles. The lowest BCUT2D eigenvalue weighted by Crippen LogP contribution is -2.35. The number of aromatic nitrogens is 5. The zero-order valence-electron chi connectivity index (χ0n) is 10.0. The Morgan fingerprint density at radius 2 is 2.44 bits per heavy atom. The van der Waals surface area contributed by atoms with Gasteiger partial charge in [0.05, 0.1) is 18.9 Å². The van der Waals surface area contributed by atoms with Crippen LogP contribution in [0.25, 0.3) is 0 Å². The molecule has 1 unspecified atom stereocenters. The summed E-state index contributed by atoms with van der Waals surface area (Å²) in [5, 5.41) is 14.2. The third-order valence-electron chi connectivity index (χ3n) is 2.48. The quantitative estimate of drug-likeness (QED) is 0.694. The normalized spacial score (nSPS) is 12.3. The van der Waals surface area contributed by atoms with Crippen molar-refractivity contribution in [3.63, 3.8) is 0 Å². The van der Waals surface area contributed by atoms with E-state index in [0.717, 1.165) is 0 Å². The minimum atomic E-state index is -0.700. The van der Waals surface area contributed by atoms with Crippen molar-refractivity contribution in [2.24, 2.45) is 12.8 Å². The topological polar surface area (TPSA) is 104 Å². The average Bonchev–Trinajstić information content (AvgIpc) is 2.99. The Bertz CT molecular complexity index is 504. The van der Waals surface area contributed by atoms with E-state index in [-0.39, 0.29) is 5.91 Å². The maximum Gasteiger partial charge on any atom is 0.241 e. The summed E-state index contributed by atoms with van der Waals surface area (Å²) >= 11 is 0. The number of nitrogens with two attached hydrogens (primary N) is 1. The number of carbonyl (C=O) groups excluding carboxylic acids is 1. The van der Waals surface area contributed by atoms with Crippen LogP contribution in [-0.2, 0) is 18.4 Å². The zero-order chi connectivity index (χ0) is 13.0. The summed E-state index contributed by atoms with van der Waals surface area (Å²) in [6, 6.07) is -0.700. The van der Waals surface area contributed by atoms with E-state index in [0.29, 0.717) is 18.7 Å². The second kappa shape index (κ2) is 5.41. The van der Waals surface area contributed by atoms with E-state index in [1.165, 1.54) is 0 Å². The van der Waals surface area contributed by atoms with Gasteiger partial charge in [-0.1, -0.05) is 5.21 Å². The van der Waals surface area contributed by atoms with Gasteiger partial charge in [-0.2, -0.15) is 5.10 Å². The Kier molecular flexibility index (Phi) is 3.68. The van der Waals surface area contributed by atoms with E-state index < -0.39 is 6.04 Å². The van der Waals surface area contributed by atoms with Gasteiger partial charge >= 0.3 is 0 Å². The number of hydrogen-bond acceptors (Lipinski definition) is 5. The predicted molar refractivity (Wildman–Crippen MR) is 63.2 cm³/mol. The fourth-order valence-electron chi connectivity index (χ4n) is 1.51. The van der Waals surface area contributed by atoms with Crippen LogP contribution in [0.2, 0.25) is 0 Å². The molecule has 0 saturated heterocycles. The molecule has 18 heavy (non-hydrogen) atoms. The Labute approximate surface area is 104 Å². The van der Waals surface area contributed by atoms with Crippen molar-refractivity contribution < 1.29 is 4.79 Å². The van der Waals surface area contributed by atoms with Crippen molar-refractivity contribution in [1.82, 2.24) is 30.1 Å². The first-order valence-electron chi connectivity index (χ1n) is 5.53. The molecule has 8 nitrogen and oxygen atoms in total. The minimum absolute atomic E-state index is 0.233. The van der Waals surface area contributed by atoms with Crippen molar-refractivity contribution in [2.45, 2.75) is 12.6 Å². The highest BCUT2D eigenvalue weighted by Gasteiger charge is 2.16. The maximum atomic E-state index is 11.8. The highest BCUT2D eigenvalue weighted by Crippen LogP contribution is 2.07. The van der Waals surface area contributed by atoms with Gasteiger partial charge in [-0.05, 0) is 0 Å². The van der Waals surface area contributed by atoms with Crippen molar-refractivity contribution >= 4 is 5.91 Å². The Hall–Kier alpha value is -2.22. The number of amides is 1. The SMILES string of the molecule is Cn1cc(C(N)C(=O)NCCn2ccnn2)cn1. The third-order valence-corrected chi connectivity index (χ3v) is 2.48. The highest BCUT2D eigenvalue weighted by atomic mass is 16.2. The number of nitrogens with zero attached hydrogens (tertiary/aromatic N) is 5. The third kappa shape index (κ3) is 2.92. The standard InChI is InChI=1S/C10H15N7O/c1-16-7-8(6-14-16)9(11)10(18)12-2-4-17-5-3-13-15-17/h3,5-7,9H,2,4,11H2,1H3,(H,12,18). The van der Waals surface area contributed by atoms with E-state index in [2.05, 4.69) is 20.7 Å². The molecule has 1 atom stereocenters. The van der Waals surface area contributed by atoms with Crippen LogP contribution in [0, 0.1) is 0 Å². The van der Waals surface area contributed by atoms with Gasteiger partial charge in [0.25, 0.3) is 0 Å². The van der Waals surface area contributed by atoms with Crippen molar-refractivity contribution in [3.05, 3.63) is 30.4 Å². The second-order valence-corrected chi connectivity index (χ2v) is 3.88. The number of aryl methyl sites for hydroxylation is 1. The molecular formula is C10H15N7O. The molecule has 96 valence electrons. The van der Waals surface area contributed by atoms with E-state index in [4.69, 9.17) is 5.73 Å². The molecule has 8 heteroatoms. The molecular weight excluding hydrogens is 234 g/mol. The van der Waals surface area contributed by atoms with Gasteiger partial charge < -0.3 is 11.1 Å². The fraction of sp³-hybridized carbons (Fsp3) is 0.400. The minimum Gasteiger partial charge on any atom is -0.353 e. The molecule has 0 fully saturated rings. The zero-order valence-corrected chi connectivity index (χ0v) is 10.0. The first-order chi connectivity index (χ1) is 8.66. The summed E-state index contributed by atoms with van der Waals surface area (Å²) in [6.45, 7) is 1.02. The van der Waals surface area contributed by atoms with Crippen molar-refractivity contribution in [3.8, 4) is 0 Å². The molecule has 0 radical (unpaired) electrons. The van der Waals surface area contributed by atoms with Crippen molar-refractivity contribution in [2.75, 3.05) is 6.54 Å². The van der Waals surface area contributed by atoms with Gasteiger partial charge in [0, 0.05) is 31.5 Å². The molecule has 2 aromatic heterocycles. The van der Waals surface area contributed by atoms with Crippen LogP contribution >= 0.6 is 0 Å². The van der Waals surface area contributed by atoms with Crippen LogP contribution < -0.4 is 11.1 Å². The summed E-state index contributed by atoms with van der Waals surface area (Å²) in [5.41, 5.74) is 6.50. The van der Waals surface area contributed by atoms with Gasteiger partial charge in [-0.15, -0.1) is 5.10 Å². The molecule has 2 heterocycles. The Balaban J connectivity index is 1.81. The highest BCUT2D eigenvalue weighted by molar-refractivity contribution is 5.82. The largest absolute Gasteiger partial charge is 0.353 e. The summed E-state index contributed by atoms with van der Waals surface area (Å²) in [6.07, 6.45) is 6.62. The van der Waals surface area contributed by atoms with Gasteiger partial charge in [0.2, 0.25) is 5.91 Å². The van der Waals surface area contributed by atoms with Crippen LogP contribution in [0.1, 0.15) is 11.6 Å². The lowest BCUT2D eigenvalue weighted by molar-refractivity contribution is -0.122. The average molecular weight is 249 g/mol. The van der Waals surface area contributed by atoms with Crippen LogP contribution in [0.3, 0.4) is 0 Å². The number of hydrogen-bond donors (Lipinski definition) is 2. The molecule has 0 aliphatic carbocycles. The first-order valence-corrected chi connectivity index (χ1v) is 5.53. The van der Waals surface area contributed by atoms with Gasteiger partial charge in [0.15, 0.2) is 0 Å². The van der Waals surface area contributed by atoms with Crippen LogP contribution in [0.15, 0.2) is 24.8 Å². The van der Waals surface area contributed by atoms with Crippen LogP contribution in [0.5, 0.6) is 0 Å². The van der Waals surface area contributed by atoms with E-state index in [1.54, 1.807) is 41.2 Å². The first kappa shape index (κ1) is 12.2. The molecule has 0 bridgehead atoms. The summed E-state index contributed by atoms with van der Waals surface area (Å²) in [7, 11) is 1.78. The number of carbonyl (C=O) groups is 1. The monoisotopic (exact) mass is 249 g/mol. The van der Waals surface area contributed by atoms with E-state index in [9.17, 15) is 4.79 Å². The number of rotatable bonds is 5. The molecule has 0 aliphatic rings. The molecule has 2 aromatic rings. The summed E-state index contributed by atoms with van der Waals surface area (Å²) in [4.78, 5) is 11.8. The summed E-state index contributed by atoms with van der Waals surface area (Å²) < 4.78 is 3.24. The van der Waals surface area contributed by atoms with E-state index in [1.807, 2.05) is 0 Å². The Morgan fingerprint density at radius 3 is 3.06 bits per heavy atom. The van der Waals surface area contributed by atoms with Crippen molar-refractivity contribution in [1.29, 1.82) is 0 Å². The molecule has 1 amide bonds. The van der Waals surface area contributed by atoms with Gasteiger partial charge in [0.1, 0.15) is 6.04 Å². The molecule has 0 saturated carbocycles. The van der Waals surface area contributed by atoms with Crippen LogP contribution in [0.4, 0.5) is 0 Å². The molecule has 3 N–H and O–H groups in total. The van der Waals surface area contributed by atoms with Gasteiger partial charge in [-0.3, -0.25) is 14.2 Å². The maximum absolute atomic E-state index is 11.8. The Morgan fingerprint density at radius 1 is 1.61 bits per heavy atom. The molecule has 0 spiro atoms. The predicted octanol–water partition coefficient (Wildman–Crippen LogP) is -1.17. The smallest absolute Gasteiger partial charge is 0.241 e. The lowest BCUT2D eigenvalue weighted by atomic mass is 10.1. The lowest BCUT2D eigenvalue weighted by Gasteiger charge is -2.10. The second-order valence-electron chi connectivity index (χ2n) is 3.88. The molecule has 2 rings (SSSR count). The van der Waals surface area contributed by atoms with Gasteiger partial charge in [-0.25, -0.2) is 0 Å². The fourth-order valence-corrected chi connectivity index (χ4v) is 1.51. The molecule has 0 aromatic carbocycles. The van der Waals surface area contributed by atoms with Crippen LogP contribution in [-0.4, -0.2) is 37.2 Å². The van der Waals surface area contributed by atoms with E-state index >= 15 is 0 Å². The number of nitrogens with one attached hydrogen (secondary N) is 1.